The number of nitrogens with one attached hydrogen (secondary N) is 1. The van der Waals surface area contributed by atoms with Crippen LogP contribution in [0.2, 0.25) is 0 Å². The maximum Gasteiger partial charge on any atom is 0.410 e. The molecule has 9 heteroatoms. The monoisotopic (exact) mass is 422 g/mol. The van der Waals surface area contributed by atoms with Crippen LogP contribution in [0.25, 0.3) is 0 Å². The van der Waals surface area contributed by atoms with Gasteiger partial charge in [-0.3, -0.25) is 4.79 Å². The summed E-state index contributed by atoms with van der Waals surface area (Å²) < 4.78 is 47.8. The van der Waals surface area contributed by atoms with Crippen molar-refractivity contribution in [2.75, 3.05) is 19.0 Å². The zero-order valence-corrected chi connectivity index (χ0v) is 16.9. The van der Waals surface area contributed by atoms with Crippen molar-refractivity contribution in [2.24, 2.45) is 0 Å². The Kier molecular flexibility index (Phi) is 5.38. The van der Waals surface area contributed by atoms with E-state index in [4.69, 9.17) is 4.74 Å². The van der Waals surface area contributed by atoms with E-state index >= 15 is 0 Å². The Labute approximate surface area is 173 Å². The first kappa shape index (κ1) is 20.6. The van der Waals surface area contributed by atoms with Crippen LogP contribution in [0.4, 0.5) is 19.0 Å². The SMILES string of the molecule is COc1cccc([C@@H]2C[C@H](C(F)(F)F)n3ncc(C(=O)N4CCCC[C@@H]4C)c3N2)c1. The first-order valence-electron chi connectivity index (χ1n) is 10.1. The van der Waals surface area contributed by atoms with Crippen LogP contribution in [-0.4, -0.2) is 46.5 Å². The maximum absolute atomic E-state index is 13.9. The Morgan fingerprint density at radius 2 is 2.10 bits per heavy atom. The minimum absolute atomic E-state index is 0.0537. The Bertz CT molecular complexity index is 927. The fourth-order valence-electron chi connectivity index (χ4n) is 4.35. The zero-order valence-electron chi connectivity index (χ0n) is 16.9. The first-order chi connectivity index (χ1) is 14.3. The van der Waals surface area contributed by atoms with Gasteiger partial charge in [-0.1, -0.05) is 12.1 Å². The van der Waals surface area contributed by atoms with Gasteiger partial charge in [0.2, 0.25) is 0 Å². The number of carbonyl (C=O) groups excluding carboxylic acids is 1. The molecule has 0 saturated carbocycles. The molecule has 2 aliphatic heterocycles. The summed E-state index contributed by atoms with van der Waals surface area (Å²) in [4.78, 5) is 14.9. The number of nitrogens with zero attached hydrogens (tertiary/aromatic N) is 3. The number of hydrogen-bond donors (Lipinski definition) is 1. The number of piperidine rings is 1. The molecule has 0 spiro atoms. The van der Waals surface area contributed by atoms with Gasteiger partial charge < -0.3 is 15.0 Å². The fourth-order valence-corrected chi connectivity index (χ4v) is 4.35. The highest BCUT2D eigenvalue weighted by Crippen LogP contribution is 2.45. The van der Waals surface area contributed by atoms with Crippen LogP contribution in [0.1, 0.15) is 60.6 Å². The van der Waals surface area contributed by atoms with Gasteiger partial charge in [-0.25, -0.2) is 4.68 Å². The second-order valence-corrected chi connectivity index (χ2v) is 7.96. The van der Waals surface area contributed by atoms with Gasteiger partial charge in [0.05, 0.1) is 19.3 Å². The van der Waals surface area contributed by atoms with E-state index in [1.807, 2.05) is 6.92 Å². The van der Waals surface area contributed by atoms with Gasteiger partial charge in [-0.05, 0) is 43.9 Å². The Balaban J connectivity index is 1.72. The second-order valence-electron chi connectivity index (χ2n) is 7.96. The molecule has 0 unspecified atom stereocenters. The van der Waals surface area contributed by atoms with Gasteiger partial charge >= 0.3 is 6.18 Å². The number of anilines is 1. The third-order valence-corrected chi connectivity index (χ3v) is 6.03. The third-order valence-electron chi connectivity index (χ3n) is 6.03. The maximum atomic E-state index is 13.9. The number of amides is 1. The van der Waals surface area contributed by atoms with Crippen molar-refractivity contribution in [1.82, 2.24) is 14.7 Å². The van der Waals surface area contributed by atoms with Gasteiger partial charge in [0.15, 0.2) is 6.04 Å². The van der Waals surface area contributed by atoms with Crippen LogP contribution in [0.5, 0.6) is 5.75 Å². The van der Waals surface area contributed by atoms with E-state index in [1.165, 1.54) is 13.3 Å². The van der Waals surface area contributed by atoms with Crippen molar-refractivity contribution >= 4 is 11.7 Å². The number of alkyl halides is 3. The number of carbonyl (C=O) groups is 1. The van der Waals surface area contributed by atoms with Crippen LogP contribution in [0, 0.1) is 0 Å². The molecule has 0 radical (unpaired) electrons. The molecule has 4 rings (SSSR count). The standard InChI is InChI=1S/C21H25F3N4O2/c1-13-6-3-4-9-27(13)20(29)16-12-25-28-18(21(22,23)24)11-17(26-19(16)28)14-7-5-8-15(10-14)30-2/h5,7-8,10,12-13,17-18,26H,3-4,6,9,11H2,1-2H3/t13-,17-,18+/m0/s1. The summed E-state index contributed by atoms with van der Waals surface area (Å²) in [6.07, 6.45) is -0.620. The number of ether oxygens (including phenoxy) is 1. The van der Waals surface area contributed by atoms with E-state index in [9.17, 15) is 18.0 Å². The highest BCUT2D eigenvalue weighted by atomic mass is 19.4. The lowest BCUT2D eigenvalue weighted by molar-refractivity contribution is -0.173. The molecule has 0 aliphatic carbocycles. The summed E-state index contributed by atoms with van der Waals surface area (Å²) in [7, 11) is 1.51. The molecular weight excluding hydrogens is 397 g/mol. The molecule has 1 aromatic heterocycles. The summed E-state index contributed by atoms with van der Waals surface area (Å²) in [5.74, 6) is 0.415. The molecule has 1 aromatic carbocycles. The van der Waals surface area contributed by atoms with Gasteiger partial charge in [0.1, 0.15) is 17.1 Å². The predicted molar refractivity (Wildman–Crippen MR) is 106 cm³/mol. The number of aromatic nitrogens is 2. The Morgan fingerprint density at radius 1 is 1.30 bits per heavy atom. The molecule has 6 nitrogen and oxygen atoms in total. The molecule has 2 aliphatic rings. The topological polar surface area (TPSA) is 59.4 Å². The van der Waals surface area contributed by atoms with Crippen molar-refractivity contribution in [3.63, 3.8) is 0 Å². The first-order valence-corrected chi connectivity index (χ1v) is 10.1. The molecular formula is C21H25F3N4O2. The molecule has 1 amide bonds. The van der Waals surface area contributed by atoms with Crippen LogP contribution >= 0.6 is 0 Å². The van der Waals surface area contributed by atoms with E-state index in [1.54, 1.807) is 29.2 Å². The van der Waals surface area contributed by atoms with Crippen molar-refractivity contribution in [2.45, 2.75) is 56.9 Å². The number of methoxy groups -OCH3 is 1. The average Bonchev–Trinajstić information content (AvgIpc) is 3.16. The predicted octanol–water partition coefficient (Wildman–Crippen LogP) is 4.57. The van der Waals surface area contributed by atoms with E-state index in [0.29, 0.717) is 17.9 Å². The lowest BCUT2D eigenvalue weighted by Gasteiger charge is -2.36. The quantitative estimate of drug-likeness (QED) is 0.788. The summed E-state index contributed by atoms with van der Waals surface area (Å²) in [6, 6.07) is 4.57. The minimum Gasteiger partial charge on any atom is -0.497 e. The van der Waals surface area contributed by atoms with Crippen molar-refractivity contribution < 1.29 is 22.7 Å². The molecule has 0 bridgehead atoms. The molecule has 162 valence electrons. The van der Waals surface area contributed by atoms with Crippen LogP contribution in [0.3, 0.4) is 0 Å². The number of hydrogen-bond acceptors (Lipinski definition) is 4. The molecule has 3 heterocycles. The number of fused-ring (bicyclic) bond motifs is 1. The van der Waals surface area contributed by atoms with Crippen LogP contribution in [-0.2, 0) is 0 Å². The van der Waals surface area contributed by atoms with Crippen molar-refractivity contribution in [3.05, 3.63) is 41.6 Å². The minimum atomic E-state index is -4.49. The number of likely N-dealkylation sites (tertiary alicyclic amines) is 1. The zero-order chi connectivity index (χ0) is 21.5. The van der Waals surface area contributed by atoms with E-state index < -0.39 is 18.3 Å². The summed E-state index contributed by atoms with van der Waals surface area (Å²) in [5.41, 5.74) is 0.853. The van der Waals surface area contributed by atoms with Gasteiger partial charge in [-0.2, -0.15) is 18.3 Å². The van der Waals surface area contributed by atoms with Crippen molar-refractivity contribution in [3.8, 4) is 5.75 Å². The third kappa shape index (κ3) is 3.73. The molecule has 2 aromatic rings. The van der Waals surface area contributed by atoms with Gasteiger partial charge in [-0.15, -0.1) is 0 Å². The van der Waals surface area contributed by atoms with E-state index in [2.05, 4.69) is 10.4 Å². The molecule has 1 saturated heterocycles. The number of halogens is 3. The highest BCUT2D eigenvalue weighted by molar-refractivity contribution is 5.99. The lowest BCUT2D eigenvalue weighted by Crippen LogP contribution is -2.42. The van der Waals surface area contributed by atoms with Crippen LogP contribution in [0.15, 0.2) is 30.5 Å². The summed E-state index contributed by atoms with van der Waals surface area (Å²) in [5, 5.41) is 7.12. The van der Waals surface area contributed by atoms with E-state index in [0.717, 1.165) is 23.9 Å². The van der Waals surface area contributed by atoms with Gasteiger partial charge in [0, 0.05) is 19.0 Å². The van der Waals surface area contributed by atoms with Crippen molar-refractivity contribution in [1.29, 1.82) is 0 Å². The highest BCUT2D eigenvalue weighted by Gasteiger charge is 2.47. The average molecular weight is 422 g/mol. The molecule has 30 heavy (non-hydrogen) atoms. The lowest BCUT2D eigenvalue weighted by atomic mass is 9.96. The number of benzene rings is 1. The molecule has 1 N–H and O–H groups in total. The summed E-state index contributed by atoms with van der Waals surface area (Å²) >= 11 is 0. The van der Waals surface area contributed by atoms with Crippen LogP contribution < -0.4 is 10.1 Å². The number of rotatable bonds is 3. The normalized spacial score (nSPS) is 24.2. The molecule has 1 fully saturated rings. The second kappa shape index (κ2) is 7.85. The van der Waals surface area contributed by atoms with E-state index in [-0.39, 0.29) is 29.8 Å². The smallest absolute Gasteiger partial charge is 0.410 e. The Morgan fingerprint density at radius 3 is 2.80 bits per heavy atom. The van der Waals surface area contributed by atoms with Gasteiger partial charge in [0.25, 0.3) is 5.91 Å². The fraction of sp³-hybridized carbons (Fsp3) is 0.524. The summed E-state index contributed by atoms with van der Waals surface area (Å²) in [6.45, 7) is 2.57. The Hall–Kier alpha value is -2.71. The largest absolute Gasteiger partial charge is 0.497 e. The molecule has 3 atom stereocenters.